The minimum Gasteiger partial charge on any atom is -0.451 e. The van der Waals surface area contributed by atoms with E-state index in [0.29, 0.717) is 12.1 Å². The van der Waals surface area contributed by atoms with E-state index in [9.17, 15) is 32.9 Å². The van der Waals surface area contributed by atoms with Crippen molar-refractivity contribution in [3.63, 3.8) is 0 Å². The number of ether oxygens (including phenoxy) is 1. The first-order chi connectivity index (χ1) is 13.6. The van der Waals surface area contributed by atoms with Gasteiger partial charge in [0.1, 0.15) is 12.2 Å². The number of hydrogen-bond donors (Lipinski definition) is 2. The molecule has 0 fully saturated rings. The van der Waals surface area contributed by atoms with Gasteiger partial charge in [0.05, 0.1) is 17.0 Å². The van der Waals surface area contributed by atoms with Crippen molar-refractivity contribution in [2.45, 2.75) is 25.7 Å². The Bertz CT molecular complexity index is 887. The molecule has 1 unspecified atom stereocenters. The molecule has 1 amide bonds. The molecular formula is C17H16F3N3O5S. The summed E-state index contributed by atoms with van der Waals surface area (Å²) in [5, 5.41) is 17.8. The number of carbonyl (C=O) groups is 2. The quantitative estimate of drug-likeness (QED) is 0.377. The van der Waals surface area contributed by atoms with E-state index in [1.165, 1.54) is 18.3 Å². The lowest BCUT2D eigenvalue weighted by molar-refractivity contribution is -0.384. The van der Waals surface area contributed by atoms with Gasteiger partial charge in [0, 0.05) is 10.9 Å². The molecule has 1 heterocycles. The van der Waals surface area contributed by atoms with Crippen LogP contribution in [0, 0.1) is 10.1 Å². The molecule has 2 aromatic rings. The molecule has 1 atom stereocenters. The fraction of sp³-hybridized carbons (Fsp3) is 0.294. The number of nitrogens with one attached hydrogen (secondary N) is 2. The normalized spacial score (nSPS) is 12.1. The first-order valence-corrected chi connectivity index (χ1v) is 9.05. The van der Waals surface area contributed by atoms with Gasteiger partial charge in [-0.15, -0.1) is 11.3 Å². The molecule has 0 aliphatic heterocycles. The number of rotatable bonds is 8. The first-order valence-electron chi connectivity index (χ1n) is 8.17. The van der Waals surface area contributed by atoms with E-state index in [1.807, 2.05) is 17.5 Å². The molecule has 0 radical (unpaired) electrons. The number of carbonyl (C=O) groups excluding carboxylic acids is 2. The van der Waals surface area contributed by atoms with Crippen LogP contribution in [0.3, 0.4) is 0 Å². The van der Waals surface area contributed by atoms with Gasteiger partial charge in [-0.05, 0) is 30.5 Å². The molecule has 1 aromatic heterocycles. The second kappa shape index (κ2) is 9.37. The summed E-state index contributed by atoms with van der Waals surface area (Å²) in [6, 6.07) is 5.52. The lowest BCUT2D eigenvalue weighted by Crippen LogP contribution is -2.36. The molecule has 0 aliphatic carbocycles. The number of thiophene rings is 1. The first kappa shape index (κ1) is 22.1. The summed E-state index contributed by atoms with van der Waals surface area (Å²) in [5.74, 6) is -1.44. The highest BCUT2D eigenvalue weighted by Gasteiger charge is 2.33. The van der Waals surface area contributed by atoms with Gasteiger partial charge in [-0.2, -0.15) is 13.2 Å². The zero-order valence-corrected chi connectivity index (χ0v) is 15.8. The Morgan fingerprint density at radius 2 is 2.03 bits per heavy atom. The Kier molecular flexibility index (Phi) is 7.15. The second-order valence-electron chi connectivity index (χ2n) is 5.77. The van der Waals surface area contributed by atoms with Crippen LogP contribution in [0.25, 0.3) is 0 Å². The topological polar surface area (TPSA) is 111 Å². The van der Waals surface area contributed by atoms with Gasteiger partial charge in [0.15, 0.2) is 6.10 Å². The molecule has 1 aromatic carbocycles. The monoisotopic (exact) mass is 431 g/mol. The number of alkyl halides is 3. The van der Waals surface area contributed by atoms with Crippen molar-refractivity contribution in [1.82, 2.24) is 5.32 Å². The third-order valence-electron chi connectivity index (χ3n) is 3.64. The number of nitro groups is 1. The minimum atomic E-state index is -4.74. The predicted octanol–water partition coefficient (Wildman–Crippen LogP) is 3.34. The molecule has 0 bridgehead atoms. The Hall–Kier alpha value is -3.15. The summed E-state index contributed by atoms with van der Waals surface area (Å²) in [6.45, 7) is 1.05. The van der Waals surface area contributed by atoms with Crippen LogP contribution in [0.4, 0.5) is 24.5 Å². The van der Waals surface area contributed by atoms with E-state index in [0.717, 1.165) is 10.9 Å². The number of benzene rings is 1. The van der Waals surface area contributed by atoms with Gasteiger partial charge < -0.3 is 15.4 Å². The highest BCUT2D eigenvalue weighted by Crippen LogP contribution is 2.34. The van der Waals surface area contributed by atoms with Gasteiger partial charge in [-0.1, -0.05) is 6.07 Å². The zero-order chi connectivity index (χ0) is 21.6. The summed E-state index contributed by atoms with van der Waals surface area (Å²) in [5.41, 5.74) is -2.31. The Balaban J connectivity index is 1.91. The molecule has 2 rings (SSSR count). The van der Waals surface area contributed by atoms with Gasteiger partial charge in [0.2, 0.25) is 0 Å². The number of hydrogen-bond acceptors (Lipinski definition) is 7. The van der Waals surface area contributed by atoms with E-state index in [2.05, 4.69) is 10.6 Å². The highest BCUT2D eigenvalue weighted by atomic mass is 32.1. The van der Waals surface area contributed by atoms with Crippen LogP contribution in [0.1, 0.15) is 17.4 Å². The molecule has 156 valence electrons. The van der Waals surface area contributed by atoms with Crippen LogP contribution in [0.2, 0.25) is 0 Å². The van der Waals surface area contributed by atoms with Crippen molar-refractivity contribution in [2.24, 2.45) is 0 Å². The van der Waals surface area contributed by atoms with E-state index >= 15 is 0 Å². The van der Waals surface area contributed by atoms with Crippen molar-refractivity contribution in [1.29, 1.82) is 0 Å². The lowest BCUT2D eigenvalue weighted by atomic mass is 10.1. The Labute approximate surface area is 166 Å². The molecule has 0 spiro atoms. The fourth-order valence-electron chi connectivity index (χ4n) is 2.20. The summed E-state index contributed by atoms with van der Waals surface area (Å²) >= 11 is 1.44. The molecule has 0 saturated heterocycles. The van der Waals surface area contributed by atoms with Crippen molar-refractivity contribution >= 4 is 34.6 Å². The Morgan fingerprint density at radius 1 is 1.31 bits per heavy atom. The molecule has 0 saturated carbocycles. The van der Waals surface area contributed by atoms with Crippen molar-refractivity contribution in [3.8, 4) is 0 Å². The number of halogens is 3. The van der Waals surface area contributed by atoms with Gasteiger partial charge in [-0.3, -0.25) is 19.7 Å². The molecule has 29 heavy (non-hydrogen) atoms. The zero-order valence-electron chi connectivity index (χ0n) is 15.0. The summed E-state index contributed by atoms with van der Waals surface area (Å²) in [4.78, 5) is 34.7. The Morgan fingerprint density at radius 3 is 2.62 bits per heavy atom. The molecule has 2 N–H and O–H groups in total. The maximum atomic E-state index is 12.7. The largest absolute Gasteiger partial charge is 0.451 e. The van der Waals surface area contributed by atoms with Crippen LogP contribution < -0.4 is 10.6 Å². The second-order valence-corrected chi connectivity index (χ2v) is 6.80. The number of amides is 1. The van der Waals surface area contributed by atoms with Gasteiger partial charge >= 0.3 is 12.1 Å². The summed E-state index contributed by atoms with van der Waals surface area (Å²) in [6.07, 6.45) is -5.86. The molecular weight excluding hydrogens is 415 g/mol. The maximum absolute atomic E-state index is 12.7. The third kappa shape index (κ3) is 6.45. The average molecular weight is 431 g/mol. The van der Waals surface area contributed by atoms with Crippen molar-refractivity contribution in [2.75, 3.05) is 11.9 Å². The van der Waals surface area contributed by atoms with Crippen LogP contribution in [0.15, 0.2) is 35.7 Å². The molecule has 12 heteroatoms. The van der Waals surface area contributed by atoms with Crippen molar-refractivity contribution in [3.05, 3.63) is 56.3 Å². The highest BCUT2D eigenvalue weighted by molar-refractivity contribution is 7.09. The van der Waals surface area contributed by atoms with Gasteiger partial charge in [-0.25, -0.2) is 0 Å². The van der Waals surface area contributed by atoms with E-state index in [-0.39, 0.29) is 12.2 Å². The summed E-state index contributed by atoms with van der Waals surface area (Å²) < 4.78 is 43.0. The SMILES string of the molecule is CC(OC(=O)CNc1ccc(C(F)(F)F)cc1[N+](=O)[O-])C(=O)NCc1cccs1. The van der Waals surface area contributed by atoms with Crippen LogP contribution >= 0.6 is 11.3 Å². The third-order valence-corrected chi connectivity index (χ3v) is 4.52. The number of esters is 1. The van der Waals surface area contributed by atoms with Gasteiger partial charge in [0.25, 0.3) is 11.6 Å². The molecule has 0 aliphatic rings. The van der Waals surface area contributed by atoms with Crippen molar-refractivity contribution < 1.29 is 32.4 Å². The number of nitro benzene ring substituents is 1. The lowest BCUT2D eigenvalue weighted by Gasteiger charge is -2.14. The van der Waals surface area contributed by atoms with E-state index < -0.39 is 46.9 Å². The maximum Gasteiger partial charge on any atom is 0.416 e. The van der Waals surface area contributed by atoms with E-state index in [4.69, 9.17) is 4.74 Å². The summed E-state index contributed by atoms with van der Waals surface area (Å²) in [7, 11) is 0. The molecule has 8 nitrogen and oxygen atoms in total. The smallest absolute Gasteiger partial charge is 0.416 e. The predicted molar refractivity (Wildman–Crippen MR) is 98.3 cm³/mol. The van der Waals surface area contributed by atoms with Crippen LogP contribution in [-0.4, -0.2) is 29.4 Å². The average Bonchev–Trinajstić information content (AvgIpc) is 3.16. The van der Waals surface area contributed by atoms with Crippen LogP contribution in [0.5, 0.6) is 0 Å². The number of nitrogens with zero attached hydrogens (tertiary/aromatic N) is 1. The van der Waals surface area contributed by atoms with E-state index in [1.54, 1.807) is 0 Å². The minimum absolute atomic E-state index is 0.272. The fourth-order valence-corrected chi connectivity index (χ4v) is 2.84. The number of anilines is 1. The standard InChI is InChI=1S/C17H16F3N3O5S/c1-10(16(25)22-8-12-3-2-6-29-12)28-15(24)9-21-13-5-4-11(17(18,19)20)7-14(13)23(26)27/h2-7,10,21H,8-9H2,1H3,(H,22,25). The van der Waals surface area contributed by atoms with Crippen LogP contribution in [-0.2, 0) is 27.0 Å².